The van der Waals surface area contributed by atoms with E-state index >= 15 is 0 Å². The molecule has 0 radical (unpaired) electrons. The molecule has 164 valence electrons. The lowest BCUT2D eigenvalue weighted by atomic mass is 10.1. The van der Waals surface area contributed by atoms with Crippen LogP contribution in [0.5, 0.6) is 0 Å². The zero-order chi connectivity index (χ0) is 22.5. The van der Waals surface area contributed by atoms with E-state index in [4.69, 9.17) is 0 Å². The number of hydrogen-bond donors (Lipinski definition) is 1. The van der Waals surface area contributed by atoms with Crippen molar-refractivity contribution < 1.29 is 9.18 Å². The number of aromatic nitrogens is 4. The summed E-state index contributed by atoms with van der Waals surface area (Å²) in [7, 11) is 0. The summed E-state index contributed by atoms with van der Waals surface area (Å²) in [6, 6.07) is 15.0. The Morgan fingerprint density at radius 2 is 1.97 bits per heavy atom. The fourth-order valence-corrected chi connectivity index (χ4v) is 5.40. The highest BCUT2D eigenvalue weighted by Gasteiger charge is 2.30. The number of carbonyl (C=O) groups is 1. The van der Waals surface area contributed by atoms with Crippen LogP contribution in [0.2, 0.25) is 0 Å². The molecule has 3 heterocycles. The number of carbonyl (C=O) groups excluding carboxylic acids is 1. The summed E-state index contributed by atoms with van der Waals surface area (Å²) in [5.74, 6) is -0.0232. The number of hydrogen-bond acceptors (Lipinski definition) is 6. The number of nitrogens with zero attached hydrogens (tertiary/aromatic N) is 4. The second kappa shape index (κ2) is 7.93. The Hall–Kier alpha value is -3.30. The normalized spacial score (nSPS) is 13.6. The Morgan fingerprint density at radius 1 is 1.12 bits per heavy atom. The van der Waals surface area contributed by atoms with Gasteiger partial charge in [-0.25, -0.2) is 9.37 Å². The second-order valence-corrected chi connectivity index (χ2v) is 10.2. The molecule has 1 N–H and O–H groups in total. The summed E-state index contributed by atoms with van der Waals surface area (Å²) < 4.78 is 17.0. The Morgan fingerprint density at radius 3 is 2.79 bits per heavy atom. The monoisotopic (exact) mass is 475 g/mol. The van der Waals surface area contributed by atoms with Crippen LogP contribution in [0, 0.1) is 18.7 Å². The van der Waals surface area contributed by atoms with Crippen molar-refractivity contribution in [2.75, 3.05) is 5.32 Å². The summed E-state index contributed by atoms with van der Waals surface area (Å²) in [6.45, 7) is 1.75. The molecule has 0 saturated heterocycles. The number of nitrogens with one attached hydrogen (secondary N) is 1. The molecule has 1 aliphatic rings. The van der Waals surface area contributed by atoms with Crippen molar-refractivity contribution in [2.45, 2.75) is 29.8 Å². The number of amides is 1. The third-order valence-corrected chi connectivity index (χ3v) is 7.51. The number of benzene rings is 2. The highest BCUT2D eigenvalue weighted by molar-refractivity contribution is 7.99. The Bertz CT molecular complexity index is 1540. The van der Waals surface area contributed by atoms with Crippen molar-refractivity contribution in [1.82, 2.24) is 19.6 Å². The van der Waals surface area contributed by atoms with Crippen LogP contribution in [0.15, 0.2) is 64.8 Å². The van der Waals surface area contributed by atoms with Gasteiger partial charge in [-0.05, 0) is 84.6 Å². The summed E-state index contributed by atoms with van der Waals surface area (Å²) in [5.41, 5.74) is 3.88. The first kappa shape index (κ1) is 20.3. The Kier molecular flexibility index (Phi) is 4.88. The van der Waals surface area contributed by atoms with Gasteiger partial charge in [0.05, 0.1) is 10.2 Å². The number of halogens is 1. The highest BCUT2D eigenvalue weighted by atomic mass is 32.2. The lowest BCUT2D eigenvalue weighted by Crippen LogP contribution is -2.12. The molecule has 0 aliphatic heterocycles. The van der Waals surface area contributed by atoms with Gasteiger partial charge < -0.3 is 5.32 Å². The predicted molar refractivity (Wildman–Crippen MR) is 128 cm³/mol. The fourth-order valence-electron chi connectivity index (χ4n) is 3.56. The number of aryl methyl sites for hydroxylation is 1. The van der Waals surface area contributed by atoms with E-state index in [0.717, 1.165) is 44.7 Å². The van der Waals surface area contributed by atoms with Crippen LogP contribution in [0.25, 0.3) is 27.0 Å². The molecule has 1 aliphatic carbocycles. The van der Waals surface area contributed by atoms with Crippen molar-refractivity contribution in [1.29, 1.82) is 0 Å². The number of rotatable bonds is 5. The van der Waals surface area contributed by atoms with Gasteiger partial charge in [-0.3, -0.25) is 9.20 Å². The number of thiazole rings is 1. The molecule has 2 aromatic carbocycles. The van der Waals surface area contributed by atoms with Gasteiger partial charge in [0.15, 0.2) is 15.9 Å². The van der Waals surface area contributed by atoms with E-state index in [1.807, 2.05) is 47.0 Å². The maximum atomic E-state index is 14.1. The Labute approximate surface area is 196 Å². The topological polar surface area (TPSA) is 72.2 Å². The molecular weight excluding hydrogens is 457 g/mol. The summed E-state index contributed by atoms with van der Waals surface area (Å²) >= 11 is 2.96. The molecule has 0 spiro atoms. The lowest BCUT2D eigenvalue weighted by molar-refractivity contribution is -0.117. The van der Waals surface area contributed by atoms with Crippen molar-refractivity contribution in [3.63, 3.8) is 0 Å². The summed E-state index contributed by atoms with van der Waals surface area (Å²) in [6.07, 6.45) is 3.85. The average Bonchev–Trinajstić information content (AvgIpc) is 3.49. The van der Waals surface area contributed by atoms with Gasteiger partial charge in [-0.1, -0.05) is 23.5 Å². The van der Waals surface area contributed by atoms with Crippen molar-refractivity contribution in [2.24, 2.45) is 5.92 Å². The minimum atomic E-state index is -0.225. The van der Waals surface area contributed by atoms with Gasteiger partial charge in [0.1, 0.15) is 5.82 Å². The van der Waals surface area contributed by atoms with Crippen molar-refractivity contribution >= 4 is 50.0 Å². The largest absolute Gasteiger partial charge is 0.302 e. The first-order valence-electron chi connectivity index (χ1n) is 10.5. The molecule has 0 unspecified atom stereocenters. The van der Waals surface area contributed by atoms with E-state index in [2.05, 4.69) is 20.5 Å². The van der Waals surface area contributed by atoms with Gasteiger partial charge in [0.25, 0.3) is 0 Å². The average molecular weight is 476 g/mol. The molecule has 1 amide bonds. The van der Waals surface area contributed by atoms with Crippen LogP contribution in [0.4, 0.5) is 9.52 Å². The van der Waals surface area contributed by atoms with E-state index in [0.29, 0.717) is 15.9 Å². The van der Waals surface area contributed by atoms with Gasteiger partial charge in [-0.2, -0.15) is 0 Å². The standard InChI is InChI=1S/C24H18FN5OS2/c1-13-2-3-15(10-18(13)25)16-6-9-21-28-29-24(30(21)12-16)32-17-7-8-19-20(11-17)33-23(26-19)27-22(31)14-4-5-14/h2-3,6-12,14H,4-5H2,1H3,(H,26,27,31). The second-order valence-electron chi connectivity index (χ2n) is 8.11. The van der Waals surface area contributed by atoms with Crippen LogP contribution in [-0.4, -0.2) is 25.5 Å². The lowest BCUT2D eigenvalue weighted by Gasteiger charge is -2.06. The van der Waals surface area contributed by atoms with E-state index in [-0.39, 0.29) is 17.6 Å². The minimum Gasteiger partial charge on any atom is -0.302 e. The molecule has 1 fully saturated rings. The maximum Gasteiger partial charge on any atom is 0.229 e. The fraction of sp³-hybridized carbons (Fsp3) is 0.167. The SMILES string of the molecule is Cc1ccc(-c2ccc3nnc(Sc4ccc5nc(NC(=O)C6CC6)sc5c4)n3c2)cc1F. The number of fused-ring (bicyclic) bond motifs is 2. The molecule has 0 bridgehead atoms. The molecule has 5 aromatic rings. The molecule has 33 heavy (non-hydrogen) atoms. The molecule has 0 atom stereocenters. The van der Waals surface area contributed by atoms with Crippen LogP contribution >= 0.6 is 23.1 Å². The molecule has 3 aromatic heterocycles. The Balaban J connectivity index is 1.29. The molecule has 9 heteroatoms. The van der Waals surface area contributed by atoms with Crippen molar-refractivity contribution in [3.05, 3.63) is 66.1 Å². The van der Waals surface area contributed by atoms with Crippen LogP contribution in [0.3, 0.4) is 0 Å². The molecule has 6 rings (SSSR count). The third-order valence-electron chi connectivity index (χ3n) is 5.62. The maximum absolute atomic E-state index is 14.1. The number of anilines is 1. The van der Waals surface area contributed by atoms with Gasteiger partial charge >= 0.3 is 0 Å². The molecule has 6 nitrogen and oxygen atoms in total. The first-order valence-corrected chi connectivity index (χ1v) is 12.2. The van der Waals surface area contributed by atoms with E-state index < -0.39 is 0 Å². The zero-order valence-corrected chi connectivity index (χ0v) is 19.2. The van der Waals surface area contributed by atoms with Gasteiger partial charge in [-0.15, -0.1) is 10.2 Å². The smallest absolute Gasteiger partial charge is 0.229 e. The van der Waals surface area contributed by atoms with Crippen LogP contribution < -0.4 is 5.32 Å². The minimum absolute atomic E-state index is 0.0582. The highest BCUT2D eigenvalue weighted by Crippen LogP contribution is 2.35. The van der Waals surface area contributed by atoms with E-state index in [9.17, 15) is 9.18 Å². The predicted octanol–water partition coefficient (Wildman–Crippen LogP) is 5.95. The van der Waals surface area contributed by atoms with Crippen molar-refractivity contribution in [3.8, 4) is 11.1 Å². The van der Waals surface area contributed by atoms with Gasteiger partial charge in [0, 0.05) is 17.0 Å². The molecule has 1 saturated carbocycles. The third kappa shape index (κ3) is 3.98. The van der Waals surface area contributed by atoms with Crippen LogP contribution in [0.1, 0.15) is 18.4 Å². The number of pyridine rings is 1. The summed E-state index contributed by atoms with van der Waals surface area (Å²) in [5, 5.41) is 12.9. The van der Waals surface area contributed by atoms with E-state index in [1.165, 1.54) is 23.1 Å². The zero-order valence-electron chi connectivity index (χ0n) is 17.6. The van der Waals surface area contributed by atoms with Gasteiger partial charge in [0.2, 0.25) is 5.91 Å². The molecular formula is C24H18FN5OS2. The quantitative estimate of drug-likeness (QED) is 0.340. The summed E-state index contributed by atoms with van der Waals surface area (Å²) in [4.78, 5) is 17.5. The first-order chi connectivity index (χ1) is 16.0. The van der Waals surface area contributed by atoms with Crippen LogP contribution in [-0.2, 0) is 4.79 Å². The van der Waals surface area contributed by atoms with E-state index in [1.54, 1.807) is 19.1 Å².